The van der Waals surface area contributed by atoms with Crippen molar-refractivity contribution in [1.29, 1.82) is 0 Å². The highest BCUT2D eigenvalue weighted by atomic mass is 19.3. The predicted molar refractivity (Wildman–Crippen MR) is 62.9 cm³/mol. The summed E-state index contributed by atoms with van der Waals surface area (Å²) in [6.07, 6.45) is 5.61. The molecule has 16 heavy (non-hydrogen) atoms. The molecule has 1 aliphatic heterocycles. The van der Waals surface area contributed by atoms with E-state index in [2.05, 4.69) is 16.3 Å². The molecule has 0 aromatic heterocycles. The number of hydrogen-bond donors (Lipinski definition) is 1. The topological polar surface area (TPSA) is 15.3 Å². The molecule has 0 spiro atoms. The fraction of sp³-hybridized carbons (Fsp3) is 0.833. The fourth-order valence-corrected chi connectivity index (χ4v) is 1.97. The van der Waals surface area contributed by atoms with Gasteiger partial charge >= 0.3 is 0 Å². The van der Waals surface area contributed by atoms with Gasteiger partial charge in [0.25, 0.3) is 5.92 Å². The van der Waals surface area contributed by atoms with Crippen molar-refractivity contribution in [2.45, 2.75) is 38.2 Å². The van der Waals surface area contributed by atoms with Crippen molar-refractivity contribution in [3.63, 3.8) is 0 Å². The van der Waals surface area contributed by atoms with Crippen LogP contribution in [0.2, 0.25) is 0 Å². The molecule has 2 nitrogen and oxygen atoms in total. The van der Waals surface area contributed by atoms with E-state index < -0.39 is 12.0 Å². The Bertz CT molecular complexity index is 229. The Labute approximate surface area is 96.7 Å². The van der Waals surface area contributed by atoms with Crippen LogP contribution in [0.3, 0.4) is 0 Å². The van der Waals surface area contributed by atoms with Gasteiger partial charge in [-0.2, -0.15) is 0 Å². The maximum absolute atomic E-state index is 13.3. The first-order valence-corrected chi connectivity index (χ1v) is 5.97. The molecule has 94 valence electrons. The van der Waals surface area contributed by atoms with Gasteiger partial charge in [-0.3, -0.25) is 0 Å². The molecular formula is C12H22F2N2. The van der Waals surface area contributed by atoms with Gasteiger partial charge in [-0.05, 0) is 33.4 Å². The standard InChI is InChI=1S/C12H22F2N2/c1-3-4-5-9-16(2)10-6-11-12(13,14)7-8-15-11/h3-4,11,15H,5-10H2,1-2H3. The van der Waals surface area contributed by atoms with E-state index in [-0.39, 0.29) is 6.42 Å². The van der Waals surface area contributed by atoms with Crippen LogP contribution in [0.4, 0.5) is 8.78 Å². The molecule has 1 fully saturated rings. The number of halogens is 2. The average Bonchev–Trinajstić information content (AvgIpc) is 2.55. The van der Waals surface area contributed by atoms with E-state index in [1.165, 1.54) is 0 Å². The van der Waals surface area contributed by atoms with E-state index in [4.69, 9.17) is 0 Å². The summed E-state index contributed by atoms with van der Waals surface area (Å²) in [6.45, 7) is 4.09. The largest absolute Gasteiger partial charge is 0.308 e. The molecule has 1 heterocycles. The van der Waals surface area contributed by atoms with Gasteiger partial charge < -0.3 is 10.2 Å². The second kappa shape index (κ2) is 6.30. The summed E-state index contributed by atoms with van der Waals surface area (Å²) in [7, 11) is 1.98. The van der Waals surface area contributed by atoms with E-state index in [1.807, 2.05) is 20.0 Å². The molecule has 1 rings (SSSR count). The Hall–Kier alpha value is -0.480. The number of hydrogen-bond acceptors (Lipinski definition) is 2. The van der Waals surface area contributed by atoms with Gasteiger partial charge in [0.05, 0.1) is 6.04 Å². The van der Waals surface area contributed by atoms with Crippen molar-refractivity contribution in [3.05, 3.63) is 12.2 Å². The zero-order valence-electron chi connectivity index (χ0n) is 10.2. The van der Waals surface area contributed by atoms with E-state index in [9.17, 15) is 8.78 Å². The third-order valence-corrected chi connectivity index (χ3v) is 3.07. The number of alkyl halides is 2. The summed E-state index contributed by atoms with van der Waals surface area (Å²) >= 11 is 0. The van der Waals surface area contributed by atoms with Crippen molar-refractivity contribution >= 4 is 0 Å². The van der Waals surface area contributed by atoms with Crippen LogP contribution in [0.5, 0.6) is 0 Å². The van der Waals surface area contributed by atoms with Crippen molar-refractivity contribution in [1.82, 2.24) is 10.2 Å². The minimum absolute atomic E-state index is 0.0139. The highest BCUT2D eigenvalue weighted by Gasteiger charge is 2.43. The summed E-state index contributed by atoms with van der Waals surface area (Å²) in [6, 6.07) is -0.628. The summed E-state index contributed by atoms with van der Waals surface area (Å²) in [5.41, 5.74) is 0. The second-order valence-corrected chi connectivity index (χ2v) is 4.47. The van der Waals surface area contributed by atoms with Gasteiger partial charge in [0.15, 0.2) is 0 Å². The van der Waals surface area contributed by atoms with Gasteiger partial charge in [0, 0.05) is 19.5 Å². The van der Waals surface area contributed by atoms with Crippen LogP contribution in [0.15, 0.2) is 12.2 Å². The number of nitrogens with one attached hydrogen (secondary N) is 1. The molecule has 0 bridgehead atoms. The molecule has 1 unspecified atom stereocenters. The quantitative estimate of drug-likeness (QED) is 0.707. The lowest BCUT2D eigenvalue weighted by Gasteiger charge is -2.22. The first-order chi connectivity index (χ1) is 7.56. The van der Waals surface area contributed by atoms with Gasteiger partial charge in [0.1, 0.15) is 0 Å². The predicted octanol–water partition coefficient (Wildman–Crippen LogP) is 2.27. The lowest BCUT2D eigenvalue weighted by atomic mass is 10.1. The number of nitrogens with zero attached hydrogens (tertiary/aromatic N) is 1. The summed E-state index contributed by atoms with van der Waals surface area (Å²) in [5.74, 6) is -2.51. The molecular weight excluding hydrogens is 210 g/mol. The van der Waals surface area contributed by atoms with Crippen LogP contribution >= 0.6 is 0 Å². The van der Waals surface area contributed by atoms with E-state index in [0.29, 0.717) is 13.0 Å². The Kier molecular flexibility index (Phi) is 5.35. The molecule has 0 radical (unpaired) electrons. The van der Waals surface area contributed by atoms with Crippen LogP contribution in [-0.4, -0.2) is 43.5 Å². The minimum atomic E-state index is -2.51. The van der Waals surface area contributed by atoms with Gasteiger partial charge in [-0.15, -0.1) is 0 Å². The lowest BCUT2D eigenvalue weighted by molar-refractivity contribution is -0.0149. The van der Waals surface area contributed by atoms with Crippen LogP contribution in [0, 0.1) is 0 Å². The van der Waals surface area contributed by atoms with Crippen molar-refractivity contribution < 1.29 is 8.78 Å². The zero-order valence-corrected chi connectivity index (χ0v) is 10.2. The highest BCUT2D eigenvalue weighted by molar-refractivity contribution is 4.90. The maximum atomic E-state index is 13.3. The minimum Gasteiger partial charge on any atom is -0.308 e. The first kappa shape index (κ1) is 13.6. The van der Waals surface area contributed by atoms with Crippen LogP contribution in [-0.2, 0) is 0 Å². The van der Waals surface area contributed by atoms with E-state index in [1.54, 1.807) is 0 Å². The van der Waals surface area contributed by atoms with Gasteiger partial charge in [-0.25, -0.2) is 8.78 Å². The van der Waals surface area contributed by atoms with Crippen molar-refractivity contribution in [2.24, 2.45) is 0 Å². The highest BCUT2D eigenvalue weighted by Crippen LogP contribution is 2.29. The van der Waals surface area contributed by atoms with E-state index >= 15 is 0 Å². The van der Waals surface area contributed by atoms with E-state index in [0.717, 1.165) is 19.5 Å². The SMILES string of the molecule is CC=CCCN(C)CCC1NCCC1(F)F. The third-order valence-electron chi connectivity index (χ3n) is 3.07. The molecule has 0 saturated carbocycles. The van der Waals surface area contributed by atoms with Crippen LogP contribution in [0.25, 0.3) is 0 Å². The zero-order chi connectivity index (χ0) is 12.0. The Balaban J connectivity index is 2.18. The van der Waals surface area contributed by atoms with Crippen LogP contribution < -0.4 is 5.32 Å². The third kappa shape index (κ3) is 4.18. The molecule has 1 aliphatic rings. The molecule has 1 atom stereocenters. The number of allylic oxidation sites excluding steroid dienone is 1. The summed E-state index contributed by atoms with van der Waals surface area (Å²) in [5, 5.41) is 2.88. The smallest absolute Gasteiger partial charge is 0.264 e. The molecule has 0 amide bonds. The van der Waals surface area contributed by atoms with Gasteiger partial charge in [0.2, 0.25) is 0 Å². The normalized spacial score (nSPS) is 24.7. The molecule has 0 aromatic carbocycles. The number of rotatable bonds is 6. The Morgan fingerprint density at radius 3 is 2.75 bits per heavy atom. The summed E-state index contributed by atoms with van der Waals surface area (Å²) < 4.78 is 26.5. The Morgan fingerprint density at radius 2 is 2.19 bits per heavy atom. The van der Waals surface area contributed by atoms with Crippen molar-refractivity contribution in [2.75, 3.05) is 26.7 Å². The molecule has 0 aromatic rings. The fourth-order valence-electron chi connectivity index (χ4n) is 1.97. The first-order valence-electron chi connectivity index (χ1n) is 5.97. The maximum Gasteiger partial charge on any atom is 0.264 e. The lowest BCUT2D eigenvalue weighted by Crippen LogP contribution is -2.38. The molecule has 1 N–H and O–H groups in total. The van der Waals surface area contributed by atoms with Crippen LogP contribution in [0.1, 0.15) is 26.2 Å². The molecule has 0 aliphatic carbocycles. The average molecular weight is 232 g/mol. The van der Waals surface area contributed by atoms with Gasteiger partial charge in [-0.1, -0.05) is 12.2 Å². The Morgan fingerprint density at radius 1 is 1.44 bits per heavy atom. The molecule has 4 heteroatoms. The molecule has 1 saturated heterocycles. The summed E-state index contributed by atoms with van der Waals surface area (Å²) in [4.78, 5) is 2.11. The monoisotopic (exact) mass is 232 g/mol. The second-order valence-electron chi connectivity index (χ2n) is 4.47. The van der Waals surface area contributed by atoms with Crippen molar-refractivity contribution in [3.8, 4) is 0 Å².